The summed E-state index contributed by atoms with van der Waals surface area (Å²) in [6, 6.07) is 28.9. The first-order chi connectivity index (χ1) is 22.4. The summed E-state index contributed by atoms with van der Waals surface area (Å²) in [6.07, 6.45) is 1.87. The molecule has 0 saturated carbocycles. The summed E-state index contributed by atoms with van der Waals surface area (Å²) in [6.45, 7) is 0. The molecule has 1 unspecified atom stereocenters. The number of benzene rings is 3. The number of amides is 2. The molecule has 46 heavy (non-hydrogen) atoms. The molecular formula is C33H29N5O5S3. The number of nitrogens with one attached hydrogen (secondary N) is 2. The van der Waals surface area contributed by atoms with Crippen LogP contribution in [0.2, 0.25) is 0 Å². The molecule has 2 atom stereocenters. The lowest BCUT2D eigenvalue weighted by molar-refractivity contribution is -0.150. The molecule has 2 amide bonds. The third-order valence-corrected chi connectivity index (χ3v) is 10.6. The monoisotopic (exact) mass is 671 g/mol. The average Bonchev–Trinajstić information content (AvgIpc) is 3.55. The van der Waals surface area contributed by atoms with Crippen LogP contribution < -0.4 is 10.6 Å². The summed E-state index contributed by atoms with van der Waals surface area (Å²) in [4.78, 5) is 44.3. The Balaban J connectivity index is 1.27. The quantitative estimate of drug-likeness (QED) is 0.0580. The molecule has 4 aromatic rings. The SMILES string of the molecule is CSCC1=C(C(=O)O)N2C(=O)C(NC(=O)C(=NO)c3csc(NC(c4ccccc4)(c4ccccc4)c4ccccc4)n3)[C@H]2SC1. The smallest absolute Gasteiger partial charge is 0.352 e. The molecule has 4 N–H and O–H groups in total. The largest absolute Gasteiger partial charge is 0.477 e. The average molecular weight is 672 g/mol. The zero-order chi connectivity index (χ0) is 32.3. The lowest BCUT2D eigenvalue weighted by atomic mass is 9.77. The van der Waals surface area contributed by atoms with Gasteiger partial charge in [0.15, 0.2) is 10.8 Å². The molecule has 10 nitrogen and oxygen atoms in total. The van der Waals surface area contributed by atoms with E-state index in [4.69, 9.17) is 0 Å². The Bertz CT molecular complexity index is 1720. The Morgan fingerprint density at radius 1 is 1.00 bits per heavy atom. The minimum absolute atomic E-state index is 0.0291. The van der Waals surface area contributed by atoms with E-state index >= 15 is 0 Å². The molecule has 3 heterocycles. The molecule has 13 heteroatoms. The third-order valence-electron chi connectivity index (χ3n) is 7.83. The topological polar surface area (TPSA) is 144 Å². The highest BCUT2D eigenvalue weighted by Crippen LogP contribution is 2.42. The first-order valence-corrected chi connectivity index (χ1v) is 17.5. The Hall–Kier alpha value is -4.59. The second-order valence-electron chi connectivity index (χ2n) is 10.5. The van der Waals surface area contributed by atoms with Gasteiger partial charge in [-0.15, -0.1) is 23.1 Å². The second kappa shape index (κ2) is 13.4. The van der Waals surface area contributed by atoms with Crippen molar-refractivity contribution in [3.8, 4) is 0 Å². The number of carboxylic acids is 1. The highest BCUT2D eigenvalue weighted by atomic mass is 32.2. The van der Waals surface area contributed by atoms with Gasteiger partial charge in [-0.1, -0.05) is 96.2 Å². The molecule has 0 spiro atoms. The van der Waals surface area contributed by atoms with E-state index in [1.165, 1.54) is 39.8 Å². The molecule has 234 valence electrons. The maximum absolute atomic E-state index is 13.4. The van der Waals surface area contributed by atoms with Crippen LogP contribution in [0.25, 0.3) is 0 Å². The van der Waals surface area contributed by atoms with Crippen LogP contribution in [-0.2, 0) is 19.9 Å². The van der Waals surface area contributed by atoms with Crippen LogP contribution in [-0.4, -0.2) is 72.9 Å². The van der Waals surface area contributed by atoms with Gasteiger partial charge in [-0.2, -0.15) is 11.8 Å². The van der Waals surface area contributed by atoms with Crippen molar-refractivity contribution in [2.24, 2.45) is 5.16 Å². The maximum atomic E-state index is 13.4. The van der Waals surface area contributed by atoms with Crippen molar-refractivity contribution in [2.45, 2.75) is 17.0 Å². The fourth-order valence-corrected chi connectivity index (χ4v) is 8.59. The summed E-state index contributed by atoms with van der Waals surface area (Å²) in [5.74, 6) is -1.58. The Morgan fingerprint density at radius 3 is 2.07 bits per heavy atom. The molecule has 1 saturated heterocycles. The van der Waals surface area contributed by atoms with Gasteiger partial charge in [-0.3, -0.25) is 14.5 Å². The van der Waals surface area contributed by atoms with Gasteiger partial charge in [0.05, 0.1) is 0 Å². The molecular weight excluding hydrogens is 643 g/mol. The maximum Gasteiger partial charge on any atom is 0.352 e. The number of carbonyl (C=O) groups excluding carboxylic acids is 2. The van der Waals surface area contributed by atoms with Crippen molar-refractivity contribution in [1.82, 2.24) is 15.2 Å². The predicted octanol–water partition coefficient (Wildman–Crippen LogP) is 4.83. The number of carboxylic acid groups (broad SMARTS) is 1. The van der Waals surface area contributed by atoms with Gasteiger partial charge in [0, 0.05) is 16.9 Å². The van der Waals surface area contributed by atoms with Crippen molar-refractivity contribution in [1.29, 1.82) is 0 Å². The van der Waals surface area contributed by atoms with Gasteiger partial charge in [-0.05, 0) is 28.5 Å². The van der Waals surface area contributed by atoms with E-state index < -0.39 is 34.7 Å². The molecule has 2 aliphatic rings. The number of aliphatic carboxylic acids is 1. The third kappa shape index (κ3) is 5.65. The summed E-state index contributed by atoms with van der Waals surface area (Å²) < 4.78 is 0. The molecule has 2 aliphatic heterocycles. The normalized spacial score (nSPS) is 18.1. The summed E-state index contributed by atoms with van der Waals surface area (Å²) in [5.41, 5.74) is 2.42. The highest BCUT2D eigenvalue weighted by Gasteiger charge is 2.54. The summed E-state index contributed by atoms with van der Waals surface area (Å²) >= 11 is 4.10. The van der Waals surface area contributed by atoms with Crippen LogP contribution in [0.1, 0.15) is 22.4 Å². The fraction of sp³-hybridized carbons (Fsp3) is 0.182. The van der Waals surface area contributed by atoms with Crippen LogP contribution in [0.3, 0.4) is 0 Å². The van der Waals surface area contributed by atoms with E-state index in [1.54, 1.807) is 5.38 Å². The van der Waals surface area contributed by atoms with Crippen LogP contribution >= 0.6 is 34.9 Å². The number of thiazole rings is 1. The van der Waals surface area contributed by atoms with Crippen LogP contribution in [0.5, 0.6) is 0 Å². The van der Waals surface area contributed by atoms with Crippen molar-refractivity contribution in [3.63, 3.8) is 0 Å². The van der Waals surface area contributed by atoms with Crippen molar-refractivity contribution < 1.29 is 24.7 Å². The number of fused-ring (bicyclic) bond motifs is 1. The standard InChI is InChI=1S/C33H29N5O5S3/c1-44-17-20-18-45-30-26(29(40)38(30)27(20)31(41)42)35-28(39)25(37-43)24-19-46-32(34-24)36-33(21-11-5-2-6-12-21,22-13-7-3-8-14-22)23-15-9-4-10-16-23/h2-16,19,26,30,43H,17-18H2,1H3,(H,34,36)(H,35,39)(H,41,42)/t26?,30-/m1/s1. The molecule has 0 bridgehead atoms. The van der Waals surface area contributed by atoms with Crippen molar-refractivity contribution >= 4 is 63.5 Å². The lowest BCUT2D eigenvalue weighted by Gasteiger charge is -2.49. The van der Waals surface area contributed by atoms with E-state index in [9.17, 15) is 24.7 Å². The number of hydrogen-bond donors (Lipinski definition) is 4. The minimum atomic E-state index is -1.18. The highest BCUT2D eigenvalue weighted by molar-refractivity contribution is 8.00. The van der Waals surface area contributed by atoms with E-state index in [2.05, 4.69) is 20.8 Å². The Labute approximate surface area is 277 Å². The molecule has 1 aromatic heterocycles. The van der Waals surface area contributed by atoms with Crippen LogP contribution in [0.4, 0.5) is 5.13 Å². The summed E-state index contributed by atoms with van der Waals surface area (Å²) in [5, 5.41) is 30.7. The van der Waals surface area contributed by atoms with Crippen LogP contribution in [0, 0.1) is 0 Å². The predicted molar refractivity (Wildman–Crippen MR) is 181 cm³/mol. The van der Waals surface area contributed by atoms with E-state index in [0.29, 0.717) is 22.2 Å². The van der Waals surface area contributed by atoms with Gasteiger partial charge in [-0.25, -0.2) is 9.78 Å². The second-order valence-corrected chi connectivity index (χ2v) is 13.3. The first kappa shape index (κ1) is 31.4. The van der Waals surface area contributed by atoms with Gasteiger partial charge in [0.1, 0.15) is 28.3 Å². The van der Waals surface area contributed by atoms with Gasteiger partial charge >= 0.3 is 5.97 Å². The number of anilines is 1. The Kier molecular flexibility index (Phi) is 9.15. The Morgan fingerprint density at radius 2 is 1.57 bits per heavy atom. The van der Waals surface area contributed by atoms with E-state index in [0.717, 1.165) is 16.7 Å². The van der Waals surface area contributed by atoms with Gasteiger partial charge < -0.3 is 20.9 Å². The fourth-order valence-electron chi connectivity index (χ4n) is 5.77. The number of nitrogens with zero attached hydrogens (tertiary/aromatic N) is 3. The number of rotatable bonds is 11. The first-order valence-electron chi connectivity index (χ1n) is 14.2. The van der Waals surface area contributed by atoms with Gasteiger partial charge in [0.25, 0.3) is 11.8 Å². The molecule has 0 aliphatic carbocycles. The molecule has 6 rings (SSSR count). The number of hydrogen-bond acceptors (Lipinski definition) is 10. The van der Waals surface area contributed by atoms with E-state index in [-0.39, 0.29) is 17.1 Å². The van der Waals surface area contributed by atoms with Gasteiger partial charge in [0.2, 0.25) is 0 Å². The number of thioether (sulfide) groups is 2. The van der Waals surface area contributed by atoms with Crippen molar-refractivity contribution in [3.05, 3.63) is 130 Å². The number of carbonyl (C=O) groups is 3. The van der Waals surface area contributed by atoms with Crippen LogP contribution in [0.15, 0.2) is 113 Å². The summed E-state index contributed by atoms with van der Waals surface area (Å²) in [7, 11) is 0. The molecule has 3 aromatic carbocycles. The zero-order valence-electron chi connectivity index (χ0n) is 24.5. The minimum Gasteiger partial charge on any atom is -0.477 e. The van der Waals surface area contributed by atoms with E-state index in [1.807, 2.05) is 97.3 Å². The lowest BCUT2D eigenvalue weighted by Crippen LogP contribution is -2.71. The zero-order valence-corrected chi connectivity index (χ0v) is 26.9. The van der Waals surface area contributed by atoms with Crippen molar-refractivity contribution in [2.75, 3.05) is 23.1 Å². The number of β-lactam (4-membered cyclic amide) rings is 1. The number of oxime groups is 1. The molecule has 0 radical (unpaired) electrons. The molecule has 1 fully saturated rings. The number of aromatic nitrogens is 1.